The molecule has 1 saturated heterocycles. The number of nitrogens with two attached hydrogens (primary N) is 1. The minimum absolute atomic E-state index is 0.00665. The van der Waals surface area contributed by atoms with Crippen molar-refractivity contribution in [1.82, 2.24) is 5.32 Å². The summed E-state index contributed by atoms with van der Waals surface area (Å²) in [6, 6.07) is 8.01. The van der Waals surface area contributed by atoms with E-state index >= 15 is 0 Å². The maximum absolute atomic E-state index is 13.4. The first-order valence-electron chi connectivity index (χ1n) is 9.14. The van der Waals surface area contributed by atoms with Gasteiger partial charge >= 0.3 is 0 Å². The minimum Gasteiger partial charge on any atom is -0.462 e. The zero-order valence-electron chi connectivity index (χ0n) is 16.0. The highest BCUT2D eigenvalue weighted by Gasteiger charge is 2.39. The number of halogens is 4. The molecule has 31 heavy (non-hydrogen) atoms. The molecule has 0 amide bonds. The van der Waals surface area contributed by atoms with Gasteiger partial charge in [0.05, 0.1) is 12.3 Å². The van der Waals surface area contributed by atoms with Crippen LogP contribution in [0, 0.1) is 17.5 Å². The van der Waals surface area contributed by atoms with Crippen LogP contribution >= 0.6 is 11.6 Å². The van der Waals surface area contributed by atoms with Crippen molar-refractivity contribution in [2.45, 2.75) is 24.8 Å². The summed E-state index contributed by atoms with van der Waals surface area (Å²) in [6.07, 6.45) is -3.13. The summed E-state index contributed by atoms with van der Waals surface area (Å²) in [7, 11) is 0. The summed E-state index contributed by atoms with van der Waals surface area (Å²) < 4.78 is 56.6. The first kappa shape index (κ1) is 23.2. The Bertz CT molecular complexity index is 926. The predicted octanol–water partition coefficient (Wildman–Crippen LogP) is 2.10. The van der Waals surface area contributed by atoms with Crippen molar-refractivity contribution in [1.29, 1.82) is 0 Å². The molecule has 1 aliphatic heterocycles. The summed E-state index contributed by atoms with van der Waals surface area (Å²) in [5.74, 6) is -3.97. The van der Waals surface area contributed by atoms with Crippen molar-refractivity contribution in [3.05, 3.63) is 70.6 Å². The average molecular weight is 461 g/mol. The molecule has 0 aromatic heterocycles. The Morgan fingerprint density at radius 1 is 1.16 bits per heavy atom. The highest BCUT2D eigenvalue weighted by Crippen LogP contribution is 2.25. The van der Waals surface area contributed by atoms with Gasteiger partial charge in [0.2, 0.25) is 6.29 Å². The second-order valence-corrected chi connectivity index (χ2v) is 7.06. The van der Waals surface area contributed by atoms with Crippen LogP contribution in [-0.4, -0.2) is 48.2 Å². The molecular formula is C20H20ClF3N2O5. The summed E-state index contributed by atoms with van der Waals surface area (Å²) in [6.45, 7) is -0.515. The lowest BCUT2D eigenvalue weighted by Gasteiger charge is -2.38. The molecule has 5 N–H and O–H groups in total. The van der Waals surface area contributed by atoms with Crippen LogP contribution in [0.15, 0.2) is 42.6 Å². The molecule has 2 aromatic carbocycles. The molecular weight excluding hydrogens is 441 g/mol. The highest BCUT2D eigenvalue weighted by molar-refractivity contribution is 6.30. The molecule has 1 aliphatic rings. The number of rotatable bonds is 7. The van der Waals surface area contributed by atoms with Crippen molar-refractivity contribution in [3.63, 3.8) is 0 Å². The predicted molar refractivity (Wildman–Crippen MR) is 105 cm³/mol. The summed E-state index contributed by atoms with van der Waals surface area (Å²) in [5.41, 5.74) is 5.64. The van der Waals surface area contributed by atoms with Crippen LogP contribution < -0.4 is 15.8 Å². The van der Waals surface area contributed by atoms with Crippen LogP contribution in [0.2, 0.25) is 5.02 Å². The van der Waals surface area contributed by atoms with Crippen molar-refractivity contribution < 1.29 is 37.6 Å². The van der Waals surface area contributed by atoms with Gasteiger partial charge in [-0.1, -0.05) is 17.7 Å². The number of ether oxygens (including phenoxy) is 3. The monoisotopic (exact) mass is 460 g/mol. The van der Waals surface area contributed by atoms with Gasteiger partial charge in [-0.2, -0.15) is 0 Å². The molecule has 0 saturated carbocycles. The van der Waals surface area contributed by atoms with E-state index in [1.54, 1.807) is 24.3 Å². The molecule has 7 nitrogen and oxygen atoms in total. The lowest BCUT2D eigenvalue weighted by molar-refractivity contribution is -0.325. The van der Waals surface area contributed by atoms with E-state index < -0.39 is 48.8 Å². The van der Waals surface area contributed by atoms with Gasteiger partial charge in [0.1, 0.15) is 18.0 Å². The lowest BCUT2D eigenvalue weighted by atomic mass is 10.1. The molecule has 0 bridgehead atoms. The maximum atomic E-state index is 13.4. The third-order valence-electron chi connectivity index (χ3n) is 4.37. The van der Waals surface area contributed by atoms with Gasteiger partial charge in [0.25, 0.3) is 0 Å². The van der Waals surface area contributed by atoms with E-state index in [1.807, 2.05) is 0 Å². The Kier molecular flexibility index (Phi) is 7.63. The van der Waals surface area contributed by atoms with Crippen LogP contribution in [0.3, 0.4) is 0 Å². The fourth-order valence-corrected chi connectivity index (χ4v) is 2.98. The van der Waals surface area contributed by atoms with Crippen LogP contribution in [0.5, 0.6) is 5.75 Å². The Morgan fingerprint density at radius 3 is 2.52 bits per heavy atom. The Labute approximate surface area is 180 Å². The number of nitrogens with one attached hydrogen (secondary N) is 1. The molecule has 11 heteroatoms. The first-order chi connectivity index (χ1) is 14.8. The van der Waals surface area contributed by atoms with Crippen LogP contribution in [0.25, 0.3) is 5.70 Å². The molecule has 1 heterocycles. The summed E-state index contributed by atoms with van der Waals surface area (Å²) in [5, 5.41) is 22.5. The van der Waals surface area contributed by atoms with E-state index in [0.717, 1.165) is 12.1 Å². The number of aliphatic hydroxyl groups excluding tert-OH is 2. The molecule has 0 aliphatic carbocycles. The van der Waals surface area contributed by atoms with E-state index in [0.29, 0.717) is 10.8 Å². The number of hydrogen-bond donors (Lipinski definition) is 4. The Morgan fingerprint density at radius 2 is 1.87 bits per heavy atom. The standard InChI is InChI=1S/C20H20ClF3N2O5/c21-11-2-1-3-12(6-11)29-20-16(30-19(28)17(9-27)31-20)8-26-7-15(25)10-4-13(22)18(24)14(23)5-10/h1-7,16-17,19-20,26-28H,8-9,25H2/b15-7-/t16-,17?,19?,20?/m0/s1. The second kappa shape index (κ2) is 10.2. The smallest absolute Gasteiger partial charge is 0.228 e. The summed E-state index contributed by atoms with van der Waals surface area (Å²) in [4.78, 5) is 0. The van der Waals surface area contributed by atoms with Crippen molar-refractivity contribution in [3.8, 4) is 5.75 Å². The van der Waals surface area contributed by atoms with Crippen molar-refractivity contribution in [2.24, 2.45) is 5.73 Å². The van der Waals surface area contributed by atoms with Gasteiger partial charge in [-0.3, -0.25) is 0 Å². The molecule has 4 atom stereocenters. The van der Waals surface area contributed by atoms with Gasteiger partial charge in [-0.05, 0) is 30.3 Å². The number of hydrogen-bond acceptors (Lipinski definition) is 7. The van der Waals surface area contributed by atoms with E-state index in [9.17, 15) is 23.4 Å². The highest BCUT2D eigenvalue weighted by atomic mass is 35.5. The quantitative estimate of drug-likeness (QED) is 0.469. The lowest BCUT2D eigenvalue weighted by Crippen LogP contribution is -2.55. The molecule has 168 valence electrons. The molecule has 3 unspecified atom stereocenters. The Balaban J connectivity index is 1.70. The van der Waals surface area contributed by atoms with Crippen LogP contribution in [0.4, 0.5) is 13.2 Å². The fraction of sp³-hybridized carbons (Fsp3) is 0.300. The van der Waals surface area contributed by atoms with Crippen molar-refractivity contribution in [2.75, 3.05) is 13.2 Å². The zero-order valence-corrected chi connectivity index (χ0v) is 16.7. The zero-order chi connectivity index (χ0) is 22.5. The number of benzene rings is 2. The second-order valence-electron chi connectivity index (χ2n) is 6.63. The van der Waals surface area contributed by atoms with Crippen LogP contribution in [-0.2, 0) is 9.47 Å². The fourth-order valence-electron chi connectivity index (χ4n) is 2.80. The summed E-state index contributed by atoms with van der Waals surface area (Å²) >= 11 is 5.94. The maximum Gasteiger partial charge on any atom is 0.228 e. The molecule has 0 spiro atoms. The molecule has 0 radical (unpaired) electrons. The van der Waals surface area contributed by atoms with E-state index in [4.69, 9.17) is 31.5 Å². The molecule has 1 fully saturated rings. The van der Waals surface area contributed by atoms with E-state index in [-0.39, 0.29) is 17.8 Å². The minimum atomic E-state index is -1.59. The third kappa shape index (κ3) is 5.81. The Hall–Kier alpha value is -2.50. The van der Waals surface area contributed by atoms with Gasteiger partial charge < -0.3 is 35.5 Å². The van der Waals surface area contributed by atoms with Gasteiger partial charge in [-0.25, -0.2) is 13.2 Å². The van der Waals surface area contributed by atoms with Gasteiger partial charge in [0, 0.05) is 23.3 Å². The van der Waals surface area contributed by atoms with Crippen molar-refractivity contribution >= 4 is 17.3 Å². The topological polar surface area (TPSA) is 106 Å². The van der Waals surface area contributed by atoms with Crippen LogP contribution in [0.1, 0.15) is 5.56 Å². The third-order valence-corrected chi connectivity index (χ3v) is 4.60. The van der Waals surface area contributed by atoms with Gasteiger partial charge in [0.15, 0.2) is 23.7 Å². The SMILES string of the molecule is N/C(=C\NC[C@@H]1OC(O)C(CO)OC1Oc1cccc(Cl)c1)c1cc(F)c(F)c(F)c1. The molecule has 2 aromatic rings. The van der Waals surface area contributed by atoms with Gasteiger partial charge in [-0.15, -0.1) is 0 Å². The average Bonchev–Trinajstić information content (AvgIpc) is 2.73. The van der Waals surface area contributed by atoms with E-state index in [2.05, 4.69) is 5.32 Å². The first-order valence-corrected chi connectivity index (χ1v) is 9.52. The number of aliphatic hydroxyl groups is 2. The van der Waals surface area contributed by atoms with E-state index in [1.165, 1.54) is 6.20 Å². The normalized spacial score (nSPS) is 24.1. The molecule has 3 rings (SSSR count). The largest absolute Gasteiger partial charge is 0.462 e.